The minimum Gasteiger partial charge on any atom is -0.338 e. The van der Waals surface area contributed by atoms with Crippen LogP contribution in [0.1, 0.15) is 36.9 Å². The number of rotatable bonds is 5. The van der Waals surface area contributed by atoms with Crippen molar-refractivity contribution in [2.45, 2.75) is 36.1 Å². The minimum absolute atomic E-state index is 0.404. The smallest absolute Gasteiger partial charge is 0.239 e. The van der Waals surface area contributed by atoms with Gasteiger partial charge < -0.3 is 9.09 Å². The number of nitrogens with one attached hydrogen (secondary N) is 1. The zero-order valence-electron chi connectivity index (χ0n) is 11.9. The van der Waals surface area contributed by atoms with E-state index in [1.807, 2.05) is 7.05 Å². The maximum absolute atomic E-state index is 5.21. The Morgan fingerprint density at radius 1 is 1.41 bits per heavy atom. The molecule has 1 saturated carbocycles. The summed E-state index contributed by atoms with van der Waals surface area (Å²) in [5.41, 5.74) is 0. The van der Waals surface area contributed by atoms with Gasteiger partial charge in [-0.3, -0.25) is 5.10 Å². The van der Waals surface area contributed by atoms with Gasteiger partial charge in [-0.25, -0.2) is 4.98 Å². The SMILES string of the molecule is Cn1c(SCc2nc(-c3ncn[nH]3)no2)nnc1C1CCC1. The fraction of sp³-hybridized carbons (Fsp3) is 0.500. The van der Waals surface area contributed by atoms with Crippen molar-refractivity contribution in [1.29, 1.82) is 0 Å². The first-order valence-corrected chi connectivity index (χ1v) is 8.00. The molecule has 3 heterocycles. The van der Waals surface area contributed by atoms with Crippen LogP contribution in [0.3, 0.4) is 0 Å². The van der Waals surface area contributed by atoms with Crippen molar-refractivity contribution < 1.29 is 4.52 Å². The first-order chi connectivity index (χ1) is 10.8. The first kappa shape index (κ1) is 13.4. The molecule has 0 atom stereocenters. The van der Waals surface area contributed by atoms with Gasteiger partial charge in [0.25, 0.3) is 0 Å². The summed E-state index contributed by atoms with van der Waals surface area (Å²) in [5.74, 6) is 3.59. The van der Waals surface area contributed by atoms with Crippen molar-refractivity contribution >= 4 is 11.8 Å². The maximum Gasteiger partial charge on any atom is 0.239 e. The molecule has 0 spiro atoms. The van der Waals surface area contributed by atoms with E-state index in [2.05, 4.69) is 40.1 Å². The first-order valence-electron chi connectivity index (χ1n) is 7.01. The molecule has 9 nitrogen and oxygen atoms in total. The molecule has 22 heavy (non-hydrogen) atoms. The Hall–Kier alpha value is -2.23. The molecule has 0 radical (unpaired) electrons. The minimum atomic E-state index is 0.404. The van der Waals surface area contributed by atoms with E-state index in [-0.39, 0.29) is 0 Å². The lowest BCUT2D eigenvalue weighted by Crippen LogP contribution is -2.14. The second-order valence-corrected chi connectivity index (χ2v) is 6.10. The molecule has 0 unspecified atom stereocenters. The maximum atomic E-state index is 5.21. The second-order valence-electron chi connectivity index (χ2n) is 5.16. The lowest BCUT2D eigenvalue weighted by Gasteiger charge is -2.23. The van der Waals surface area contributed by atoms with Crippen molar-refractivity contribution in [3.05, 3.63) is 18.0 Å². The number of thioether (sulfide) groups is 1. The van der Waals surface area contributed by atoms with Gasteiger partial charge in [0.2, 0.25) is 11.7 Å². The standard InChI is InChI=1S/C12H14N8OS/c1-20-11(7-3-2-4-7)17-18-12(20)22-5-8-15-10(19-21-8)9-13-6-14-16-9/h6-7H,2-5H2,1H3,(H,13,14,16). The summed E-state index contributed by atoms with van der Waals surface area (Å²) in [4.78, 5) is 8.26. The number of nitrogens with zero attached hydrogens (tertiary/aromatic N) is 7. The number of aromatic nitrogens is 8. The van der Waals surface area contributed by atoms with E-state index < -0.39 is 0 Å². The predicted octanol–water partition coefficient (Wildman–Crippen LogP) is 1.54. The third-order valence-electron chi connectivity index (χ3n) is 3.76. The van der Waals surface area contributed by atoms with Crippen LogP contribution in [0.5, 0.6) is 0 Å². The molecule has 4 rings (SSSR count). The number of aromatic amines is 1. The normalized spacial score (nSPS) is 15.1. The highest BCUT2D eigenvalue weighted by molar-refractivity contribution is 7.98. The highest BCUT2D eigenvalue weighted by Gasteiger charge is 2.25. The number of H-pyrrole nitrogens is 1. The third kappa shape index (κ3) is 2.39. The van der Waals surface area contributed by atoms with Crippen LogP contribution in [0.2, 0.25) is 0 Å². The Balaban J connectivity index is 1.43. The molecule has 1 aliphatic carbocycles. The molecule has 0 aromatic carbocycles. The Bertz CT molecular complexity index is 760. The average Bonchev–Trinajstić information content (AvgIpc) is 3.17. The van der Waals surface area contributed by atoms with E-state index in [0.717, 1.165) is 11.0 Å². The van der Waals surface area contributed by atoms with Crippen molar-refractivity contribution in [3.8, 4) is 11.6 Å². The molecule has 0 saturated heterocycles. The Morgan fingerprint density at radius 2 is 2.32 bits per heavy atom. The van der Waals surface area contributed by atoms with Crippen LogP contribution >= 0.6 is 11.8 Å². The summed E-state index contributed by atoms with van der Waals surface area (Å²) in [6.07, 6.45) is 5.11. The summed E-state index contributed by atoms with van der Waals surface area (Å²) in [6.45, 7) is 0. The van der Waals surface area contributed by atoms with Gasteiger partial charge in [-0.05, 0) is 12.8 Å². The van der Waals surface area contributed by atoms with Gasteiger partial charge in [0, 0.05) is 13.0 Å². The Morgan fingerprint density at radius 3 is 3.05 bits per heavy atom. The van der Waals surface area contributed by atoms with E-state index in [1.165, 1.54) is 37.4 Å². The molecule has 114 valence electrons. The van der Waals surface area contributed by atoms with Crippen molar-refractivity contribution in [1.82, 2.24) is 40.1 Å². The van der Waals surface area contributed by atoms with E-state index >= 15 is 0 Å². The molecule has 3 aromatic rings. The molecule has 1 aliphatic rings. The van der Waals surface area contributed by atoms with Crippen LogP contribution < -0.4 is 0 Å². The van der Waals surface area contributed by atoms with Gasteiger partial charge in [-0.15, -0.1) is 10.2 Å². The number of hydrogen-bond donors (Lipinski definition) is 1. The monoisotopic (exact) mass is 318 g/mol. The fourth-order valence-electron chi connectivity index (χ4n) is 2.32. The molecular formula is C12H14N8OS. The second kappa shape index (κ2) is 5.52. The fourth-order valence-corrected chi connectivity index (χ4v) is 3.08. The van der Waals surface area contributed by atoms with Gasteiger partial charge >= 0.3 is 0 Å². The van der Waals surface area contributed by atoms with Gasteiger partial charge in [-0.2, -0.15) is 10.1 Å². The highest BCUT2D eigenvalue weighted by atomic mass is 32.2. The quantitative estimate of drug-likeness (QED) is 0.705. The van der Waals surface area contributed by atoms with Crippen LogP contribution in [-0.4, -0.2) is 40.1 Å². The molecule has 0 bridgehead atoms. The summed E-state index contributed by atoms with van der Waals surface area (Å²) >= 11 is 1.53. The van der Waals surface area contributed by atoms with Gasteiger partial charge in [0.05, 0.1) is 5.75 Å². The zero-order valence-corrected chi connectivity index (χ0v) is 12.7. The summed E-state index contributed by atoms with van der Waals surface area (Å²) in [7, 11) is 2.00. The van der Waals surface area contributed by atoms with E-state index in [4.69, 9.17) is 4.52 Å². The molecule has 1 N–H and O–H groups in total. The summed E-state index contributed by atoms with van der Waals surface area (Å²) in [6, 6.07) is 0. The van der Waals surface area contributed by atoms with Gasteiger partial charge in [-0.1, -0.05) is 23.3 Å². The topological polar surface area (TPSA) is 111 Å². The molecule has 0 aliphatic heterocycles. The largest absolute Gasteiger partial charge is 0.338 e. The number of hydrogen-bond acceptors (Lipinski definition) is 8. The molecule has 10 heteroatoms. The Labute approximate surface area is 129 Å². The lowest BCUT2D eigenvalue weighted by molar-refractivity contribution is 0.389. The van der Waals surface area contributed by atoms with Crippen LogP contribution in [0.25, 0.3) is 11.6 Å². The van der Waals surface area contributed by atoms with Crippen molar-refractivity contribution in [2.75, 3.05) is 0 Å². The molecule has 3 aromatic heterocycles. The zero-order chi connectivity index (χ0) is 14.9. The van der Waals surface area contributed by atoms with Crippen LogP contribution in [-0.2, 0) is 12.8 Å². The van der Waals surface area contributed by atoms with E-state index in [0.29, 0.717) is 29.2 Å². The summed E-state index contributed by atoms with van der Waals surface area (Å²) in [5, 5.41) is 19.7. The summed E-state index contributed by atoms with van der Waals surface area (Å²) < 4.78 is 7.27. The molecular weight excluding hydrogens is 304 g/mol. The van der Waals surface area contributed by atoms with Crippen molar-refractivity contribution in [2.24, 2.45) is 7.05 Å². The lowest BCUT2D eigenvalue weighted by atomic mass is 9.85. The third-order valence-corrected chi connectivity index (χ3v) is 4.76. The highest BCUT2D eigenvalue weighted by Crippen LogP contribution is 2.36. The average molecular weight is 318 g/mol. The van der Waals surface area contributed by atoms with Crippen molar-refractivity contribution in [3.63, 3.8) is 0 Å². The molecule has 1 fully saturated rings. The van der Waals surface area contributed by atoms with Crippen LogP contribution in [0.4, 0.5) is 0 Å². The van der Waals surface area contributed by atoms with E-state index in [9.17, 15) is 0 Å². The van der Waals surface area contributed by atoms with Gasteiger partial charge in [0.15, 0.2) is 11.0 Å². The van der Waals surface area contributed by atoms with E-state index in [1.54, 1.807) is 0 Å². The Kier molecular flexibility index (Phi) is 3.37. The van der Waals surface area contributed by atoms with Crippen LogP contribution in [0, 0.1) is 0 Å². The van der Waals surface area contributed by atoms with Gasteiger partial charge in [0.1, 0.15) is 12.2 Å². The predicted molar refractivity (Wildman–Crippen MR) is 76.8 cm³/mol. The van der Waals surface area contributed by atoms with Crippen LogP contribution in [0.15, 0.2) is 16.0 Å². The molecule has 0 amide bonds.